The number of furan rings is 1. The van der Waals surface area contributed by atoms with Crippen LogP contribution in [0.3, 0.4) is 0 Å². The SMILES string of the molecule is CC(C)c1cc(C(C)C)c(-c2ccnc(-c3[c-]ccc4c3oc3ccccc34)c2)c(C(C)C)c1.C[Si](C)(C)c1ccc(-c2[c-]cccc2)nc1.[Ir]. The third-order valence-corrected chi connectivity index (χ3v) is 11.4. The van der Waals surface area contributed by atoms with E-state index in [1.807, 2.05) is 60.9 Å². The predicted molar refractivity (Wildman–Crippen MR) is 215 cm³/mol. The van der Waals surface area contributed by atoms with Gasteiger partial charge in [-0.1, -0.05) is 121 Å². The molecular formula is C46H48IrN2OSi-2. The maximum atomic E-state index is 6.28. The number of pyridine rings is 2. The number of hydrogen-bond acceptors (Lipinski definition) is 3. The Morgan fingerprint density at radius 1 is 0.647 bits per heavy atom. The molecule has 0 aliphatic carbocycles. The number of hydrogen-bond donors (Lipinski definition) is 0. The molecular weight excluding hydrogens is 817 g/mol. The summed E-state index contributed by atoms with van der Waals surface area (Å²) in [6.45, 7) is 20.7. The van der Waals surface area contributed by atoms with Gasteiger partial charge in [-0.3, -0.25) is 0 Å². The van der Waals surface area contributed by atoms with Gasteiger partial charge in [0.2, 0.25) is 0 Å². The van der Waals surface area contributed by atoms with Gasteiger partial charge in [-0.25, -0.2) is 0 Å². The van der Waals surface area contributed by atoms with Crippen molar-refractivity contribution in [2.24, 2.45) is 0 Å². The summed E-state index contributed by atoms with van der Waals surface area (Å²) < 4.78 is 6.28. The number of fused-ring (bicyclic) bond motifs is 3. The standard InChI is InChI=1S/C32H32NO.C14H16NSi.Ir/c1-19(2)23-16-27(20(3)4)31(28(17-23)21(5)6)22-14-15-33-29(18-22)26-12-9-11-25-24-10-7-8-13-30(24)34-32(25)26;1-16(2,3)13-9-10-14(15-11-13)12-7-5-4-6-8-12;/h7-11,13-21H,1-6H3;4-7,9-11H,1-3H3;/q2*-1;. The van der Waals surface area contributed by atoms with E-state index in [1.165, 1.54) is 33.0 Å². The van der Waals surface area contributed by atoms with Crippen molar-refractivity contribution in [1.82, 2.24) is 9.97 Å². The van der Waals surface area contributed by atoms with Crippen molar-refractivity contribution in [3.63, 3.8) is 0 Å². The molecule has 5 heteroatoms. The number of para-hydroxylation sites is 1. The van der Waals surface area contributed by atoms with E-state index in [2.05, 4.69) is 127 Å². The molecule has 0 amide bonds. The molecule has 0 fully saturated rings. The Balaban J connectivity index is 0.000000249. The van der Waals surface area contributed by atoms with Crippen molar-refractivity contribution in [3.05, 3.63) is 138 Å². The molecule has 7 aromatic rings. The molecule has 0 aliphatic rings. The Morgan fingerprint density at radius 2 is 1.35 bits per heavy atom. The summed E-state index contributed by atoms with van der Waals surface area (Å²) in [7, 11) is -1.23. The van der Waals surface area contributed by atoms with Gasteiger partial charge >= 0.3 is 0 Å². The van der Waals surface area contributed by atoms with E-state index < -0.39 is 8.07 Å². The van der Waals surface area contributed by atoms with Crippen LogP contribution in [0, 0.1) is 12.1 Å². The van der Waals surface area contributed by atoms with Crippen molar-refractivity contribution in [2.45, 2.75) is 78.9 Å². The molecule has 0 bridgehead atoms. The van der Waals surface area contributed by atoms with Gasteiger partial charge in [0.1, 0.15) is 5.58 Å². The van der Waals surface area contributed by atoms with Crippen LogP contribution in [0.25, 0.3) is 55.6 Å². The fraction of sp³-hybridized carbons (Fsp3) is 0.261. The van der Waals surface area contributed by atoms with Crippen molar-refractivity contribution in [2.75, 3.05) is 0 Å². The van der Waals surface area contributed by atoms with Gasteiger partial charge in [-0.2, -0.15) is 0 Å². The number of benzene rings is 4. The van der Waals surface area contributed by atoms with Crippen LogP contribution < -0.4 is 5.19 Å². The Morgan fingerprint density at radius 3 is 1.96 bits per heavy atom. The summed E-state index contributed by atoms with van der Waals surface area (Å²) in [6.07, 6.45) is 3.94. The fourth-order valence-corrected chi connectivity index (χ4v) is 7.48. The van der Waals surface area contributed by atoms with E-state index in [0.29, 0.717) is 17.8 Å². The van der Waals surface area contributed by atoms with Crippen LogP contribution in [0.5, 0.6) is 0 Å². The van der Waals surface area contributed by atoms with Crippen LogP contribution in [0.4, 0.5) is 0 Å². The molecule has 0 atom stereocenters. The van der Waals surface area contributed by atoms with Crippen molar-refractivity contribution in [3.8, 4) is 33.6 Å². The fourth-order valence-electron chi connectivity index (χ4n) is 6.44. The van der Waals surface area contributed by atoms with E-state index in [9.17, 15) is 0 Å². The Kier molecular flexibility index (Phi) is 12.0. The summed E-state index contributed by atoms with van der Waals surface area (Å²) in [6, 6.07) is 40.2. The first-order valence-corrected chi connectivity index (χ1v) is 21.3. The van der Waals surface area contributed by atoms with Crippen LogP contribution in [0.15, 0.2) is 114 Å². The van der Waals surface area contributed by atoms with Gasteiger partial charge in [0.25, 0.3) is 0 Å². The Bertz CT molecular complexity index is 2200. The zero-order valence-corrected chi connectivity index (χ0v) is 34.7. The van der Waals surface area contributed by atoms with Crippen molar-refractivity contribution < 1.29 is 24.5 Å². The van der Waals surface area contributed by atoms with E-state index in [-0.39, 0.29) is 20.1 Å². The molecule has 0 aliphatic heterocycles. The van der Waals surface area contributed by atoms with Gasteiger partial charge in [0, 0.05) is 37.9 Å². The third kappa shape index (κ3) is 8.33. The Hall–Kier alpha value is -4.15. The van der Waals surface area contributed by atoms with E-state index >= 15 is 0 Å². The molecule has 0 saturated carbocycles. The summed E-state index contributed by atoms with van der Waals surface area (Å²) in [5.41, 5.74) is 12.4. The second-order valence-electron chi connectivity index (χ2n) is 15.1. The third-order valence-electron chi connectivity index (χ3n) is 9.39. The normalized spacial score (nSPS) is 11.6. The molecule has 51 heavy (non-hydrogen) atoms. The average Bonchev–Trinajstić information content (AvgIpc) is 3.50. The van der Waals surface area contributed by atoms with Crippen LogP contribution in [-0.4, -0.2) is 18.0 Å². The summed E-state index contributed by atoms with van der Waals surface area (Å²) >= 11 is 0. The molecule has 263 valence electrons. The topological polar surface area (TPSA) is 38.9 Å². The van der Waals surface area contributed by atoms with Crippen LogP contribution >= 0.6 is 0 Å². The van der Waals surface area contributed by atoms with Gasteiger partial charge in [-0.15, -0.1) is 54.1 Å². The zero-order chi connectivity index (χ0) is 35.6. The largest absolute Gasteiger partial charge is 0.501 e. The molecule has 3 aromatic heterocycles. The zero-order valence-electron chi connectivity index (χ0n) is 31.3. The molecule has 4 aromatic carbocycles. The average molecular weight is 865 g/mol. The molecule has 0 N–H and O–H groups in total. The van der Waals surface area contributed by atoms with E-state index in [0.717, 1.165) is 44.5 Å². The minimum absolute atomic E-state index is 0. The Labute approximate surface area is 319 Å². The van der Waals surface area contributed by atoms with Crippen LogP contribution in [0.1, 0.15) is 76.0 Å². The molecule has 0 unspecified atom stereocenters. The van der Waals surface area contributed by atoms with E-state index in [1.54, 1.807) is 0 Å². The maximum absolute atomic E-state index is 6.28. The van der Waals surface area contributed by atoms with Crippen molar-refractivity contribution >= 4 is 35.2 Å². The van der Waals surface area contributed by atoms with E-state index in [4.69, 9.17) is 9.40 Å². The minimum Gasteiger partial charge on any atom is -0.501 e. The molecule has 0 saturated heterocycles. The predicted octanol–water partition coefficient (Wildman–Crippen LogP) is 12.6. The second-order valence-corrected chi connectivity index (χ2v) is 20.2. The maximum Gasteiger partial charge on any atom is 0.120 e. The first-order valence-electron chi connectivity index (χ1n) is 17.8. The van der Waals surface area contributed by atoms with Gasteiger partial charge < -0.3 is 14.4 Å². The van der Waals surface area contributed by atoms with Gasteiger partial charge in [0.05, 0.1) is 13.7 Å². The summed E-state index contributed by atoms with van der Waals surface area (Å²) in [5.74, 6) is 1.35. The smallest absolute Gasteiger partial charge is 0.120 e. The summed E-state index contributed by atoms with van der Waals surface area (Å²) in [5, 5.41) is 3.62. The second kappa shape index (κ2) is 16.0. The molecule has 1 radical (unpaired) electrons. The number of rotatable bonds is 7. The molecule has 3 heterocycles. The first kappa shape index (κ1) is 38.1. The van der Waals surface area contributed by atoms with Gasteiger partial charge in [0.15, 0.2) is 0 Å². The number of aromatic nitrogens is 2. The number of nitrogens with zero attached hydrogens (tertiary/aromatic N) is 2. The monoisotopic (exact) mass is 865 g/mol. The quantitative estimate of drug-likeness (QED) is 0.118. The first-order chi connectivity index (χ1) is 23.9. The summed E-state index contributed by atoms with van der Waals surface area (Å²) in [4.78, 5) is 9.28. The van der Waals surface area contributed by atoms with Crippen molar-refractivity contribution in [1.29, 1.82) is 0 Å². The van der Waals surface area contributed by atoms with Crippen LogP contribution in [0.2, 0.25) is 19.6 Å². The van der Waals surface area contributed by atoms with Crippen LogP contribution in [-0.2, 0) is 20.1 Å². The molecule has 3 nitrogen and oxygen atoms in total. The molecule has 7 rings (SSSR count). The van der Waals surface area contributed by atoms with Gasteiger partial charge in [-0.05, 0) is 74.3 Å². The minimum atomic E-state index is -1.23. The molecule has 0 spiro atoms.